The number of halogens is 3. The van der Waals surface area contributed by atoms with Crippen LogP contribution in [0.25, 0.3) is 0 Å². The Kier molecular flexibility index (Phi) is 4.95. The predicted molar refractivity (Wildman–Crippen MR) is 76.9 cm³/mol. The third-order valence-corrected chi connectivity index (χ3v) is 3.97. The lowest BCUT2D eigenvalue weighted by Crippen LogP contribution is -2.52. The van der Waals surface area contributed by atoms with Gasteiger partial charge in [-0.3, -0.25) is 9.69 Å². The maximum absolute atomic E-state index is 12.7. The molecule has 1 saturated heterocycles. The quantitative estimate of drug-likeness (QED) is 0.927. The molecule has 1 heterocycles. The second-order valence-corrected chi connectivity index (χ2v) is 5.33. The summed E-state index contributed by atoms with van der Waals surface area (Å²) >= 11 is 0. The summed E-state index contributed by atoms with van der Waals surface area (Å²) in [5, 5.41) is 9.15. The molecule has 0 bridgehead atoms. The summed E-state index contributed by atoms with van der Waals surface area (Å²) in [5.41, 5.74) is -0.137. The summed E-state index contributed by atoms with van der Waals surface area (Å²) in [4.78, 5) is 14.9. The summed E-state index contributed by atoms with van der Waals surface area (Å²) in [5.74, 6) is -0.852. The monoisotopic (exact) mass is 316 g/mol. The minimum absolute atomic E-state index is 0.513. The molecule has 1 unspecified atom stereocenters. The first-order chi connectivity index (χ1) is 10.3. The summed E-state index contributed by atoms with van der Waals surface area (Å²) in [6.45, 7) is 3.91. The number of nitrogens with zero attached hydrogens (tertiary/aromatic N) is 2. The van der Waals surface area contributed by atoms with Crippen LogP contribution in [0.2, 0.25) is 0 Å². The molecule has 0 aliphatic carbocycles. The number of anilines is 1. The van der Waals surface area contributed by atoms with Gasteiger partial charge in [0.1, 0.15) is 6.04 Å². The number of piperazine rings is 1. The average molecular weight is 316 g/mol. The molecule has 0 amide bonds. The predicted octanol–water partition coefficient (Wildman–Crippen LogP) is 2.69. The molecular formula is C15H19F3N2O2. The fourth-order valence-corrected chi connectivity index (χ4v) is 2.76. The van der Waals surface area contributed by atoms with Crippen molar-refractivity contribution in [2.45, 2.75) is 25.6 Å². The van der Waals surface area contributed by atoms with E-state index in [9.17, 15) is 18.0 Å². The molecule has 7 heteroatoms. The SMILES string of the molecule is CCC(C(=O)O)N1CCN(c2cccc(C(F)(F)F)c2)CC1. The molecule has 4 nitrogen and oxygen atoms in total. The zero-order valence-electron chi connectivity index (χ0n) is 12.3. The van der Waals surface area contributed by atoms with E-state index < -0.39 is 23.8 Å². The van der Waals surface area contributed by atoms with Gasteiger partial charge >= 0.3 is 12.1 Å². The molecule has 0 spiro atoms. The normalized spacial score (nSPS) is 18.3. The molecule has 1 aliphatic rings. The highest BCUT2D eigenvalue weighted by molar-refractivity contribution is 5.73. The van der Waals surface area contributed by atoms with Gasteiger partial charge in [-0.25, -0.2) is 0 Å². The highest BCUT2D eigenvalue weighted by Gasteiger charge is 2.32. The van der Waals surface area contributed by atoms with Crippen molar-refractivity contribution in [3.63, 3.8) is 0 Å². The number of rotatable bonds is 4. The van der Waals surface area contributed by atoms with Gasteiger partial charge in [0.2, 0.25) is 0 Å². The number of carbonyl (C=O) groups is 1. The first-order valence-corrected chi connectivity index (χ1v) is 7.22. The molecule has 1 fully saturated rings. The Morgan fingerprint density at radius 1 is 1.27 bits per heavy atom. The maximum Gasteiger partial charge on any atom is 0.416 e. The minimum atomic E-state index is -4.35. The molecule has 1 aromatic rings. The van der Waals surface area contributed by atoms with Gasteiger partial charge in [-0.15, -0.1) is 0 Å². The Balaban J connectivity index is 2.04. The lowest BCUT2D eigenvalue weighted by atomic mass is 10.1. The number of alkyl halides is 3. The van der Waals surface area contributed by atoms with Crippen molar-refractivity contribution in [2.24, 2.45) is 0 Å². The standard InChI is InChI=1S/C15H19F3N2O2/c1-2-13(14(21)22)20-8-6-19(7-9-20)12-5-3-4-11(10-12)15(16,17)18/h3-5,10,13H,2,6-9H2,1H3,(H,21,22). The largest absolute Gasteiger partial charge is 0.480 e. The van der Waals surface area contributed by atoms with Gasteiger partial charge in [0.05, 0.1) is 5.56 Å². The summed E-state index contributed by atoms with van der Waals surface area (Å²) in [6.07, 6.45) is -3.84. The number of benzene rings is 1. The number of carboxylic acid groups (broad SMARTS) is 1. The highest BCUT2D eigenvalue weighted by atomic mass is 19.4. The highest BCUT2D eigenvalue weighted by Crippen LogP contribution is 2.31. The van der Waals surface area contributed by atoms with Gasteiger partial charge in [0, 0.05) is 31.9 Å². The van der Waals surface area contributed by atoms with E-state index in [0.717, 1.165) is 12.1 Å². The van der Waals surface area contributed by atoms with E-state index in [1.165, 1.54) is 6.07 Å². The zero-order chi connectivity index (χ0) is 16.3. The molecule has 1 N–H and O–H groups in total. The summed E-state index contributed by atoms with van der Waals surface area (Å²) in [6, 6.07) is 4.72. The fourth-order valence-electron chi connectivity index (χ4n) is 2.76. The Bertz CT molecular complexity index is 526. The Morgan fingerprint density at radius 3 is 2.41 bits per heavy atom. The van der Waals surface area contributed by atoms with Crippen LogP contribution in [-0.2, 0) is 11.0 Å². The number of hydrogen-bond acceptors (Lipinski definition) is 3. The van der Waals surface area contributed by atoms with E-state index in [4.69, 9.17) is 5.11 Å². The minimum Gasteiger partial charge on any atom is -0.480 e. The second kappa shape index (κ2) is 6.56. The van der Waals surface area contributed by atoms with Gasteiger partial charge < -0.3 is 10.0 Å². The van der Waals surface area contributed by atoms with Crippen LogP contribution in [0, 0.1) is 0 Å². The molecule has 0 aromatic heterocycles. The van der Waals surface area contributed by atoms with Gasteiger partial charge in [0.15, 0.2) is 0 Å². The van der Waals surface area contributed by atoms with Gasteiger partial charge in [-0.05, 0) is 24.6 Å². The third kappa shape index (κ3) is 3.71. The number of carboxylic acids is 1. The van der Waals surface area contributed by atoms with Crippen molar-refractivity contribution in [1.82, 2.24) is 4.90 Å². The van der Waals surface area contributed by atoms with Crippen LogP contribution in [-0.4, -0.2) is 48.2 Å². The first kappa shape index (κ1) is 16.6. The smallest absolute Gasteiger partial charge is 0.416 e. The molecule has 0 saturated carbocycles. The molecule has 22 heavy (non-hydrogen) atoms. The van der Waals surface area contributed by atoms with E-state index in [0.29, 0.717) is 38.3 Å². The lowest BCUT2D eigenvalue weighted by Gasteiger charge is -2.38. The fraction of sp³-hybridized carbons (Fsp3) is 0.533. The number of aliphatic carboxylic acids is 1. The first-order valence-electron chi connectivity index (χ1n) is 7.22. The van der Waals surface area contributed by atoms with Crippen LogP contribution in [0.4, 0.5) is 18.9 Å². The van der Waals surface area contributed by atoms with Crippen LogP contribution in [0.1, 0.15) is 18.9 Å². The molecule has 1 aromatic carbocycles. The van der Waals surface area contributed by atoms with Gasteiger partial charge in [-0.1, -0.05) is 13.0 Å². The van der Waals surface area contributed by atoms with Crippen molar-refractivity contribution < 1.29 is 23.1 Å². The van der Waals surface area contributed by atoms with E-state index in [-0.39, 0.29) is 0 Å². The molecule has 0 radical (unpaired) electrons. The van der Waals surface area contributed by atoms with Gasteiger partial charge in [0.25, 0.3) is 0 Å². The van der Waals surface area contributed by atoms with Gasteiger partial charge in [-0.2, -0.15) is 13.2 Å². The average Bonchev–Trinajstić information content (AvgIpc) is 2.47. The lowest BCUT2D eigenvalue weighted by molar-refractivity contribution is -0.143. The Morgan fingerprint density at radius 2 is 1.91 bits per heavy atom. The molecular weight excluding hydrogens is 297 g/mol. The molecule has 1 aliphatic heterocycles. The van der Waals surface area contributed by atoms with Crippen LogP contribution in [0.5, 0.6) is 0 Å². The zero-order valence-corrected chi connectivity index (χ0v) is 12.3. The van der Waals surface area contributed by atoms with E-state index >= 15 is 0 Å². The van der Waals surface area contributed by atoms with Crippen LogP contribution >= 0.6 is 0 Å². The van der Waals surface area contributed by atoms with E-state index in [2.05, 4.69) is 0 Å². The molecule has 1 atom stereocenters. The van der Waals surface area contributed by atoms with E-state index in [1.54, 1.807) is 6.07 Å². The number of hydrogen-bond donors (Lipinski definition) is 1. The van der Waals surface area contributed by atoms with Crippen molar-refractivity contribution in [2.75, 3.05) is 31.1 Å². The van der Waals surface area contributed by atoms with Crippen LogP contribution < -0.4 is 4.90 Å². The van der Waals surface area contributed by atoms with Crippen molar-refractivity contribution in [3.8, 4) is 0 Å². The second-order valence-electron chi connectivity index (χ2n) is 5.33. The summed E-state index contributed by atoms with van der Waals surface area (Å²) < 4.78 is 38.2. The van der Waals surface area contributed by atoms with Crippen LogP contribution in [0.15, 0.2) is 24.3 Å². The van der Waals surface area contributed by atoms with Crippen molar-refractivity contribution in [3.05, 3.63) is 29.8 Å². The Hall–Kier alpha value is -1.76. The van der Waals surface area contributed by atoms with Crippen molar-refractivity contribution in [1.29, 1.82) is 0 Å². The Labute approximate surface area is 127 Å². The van der Waals surface area contributed by atoms with E-state index in [1.807, 2.05) is 16.7 Å². The summed E-state index contributed by atoms with van der Waals surface area (Å²) in [7, 11) is 0. The topological polar surface area (TPSA) is 43.8 Å². The molecule has 2 rings (SSSR count). The van der Waals surface area contributed by atoms with Crippen molar-refractivity contribution >= 4 is 11.7 Å². The maximum atomic E-state index is 12.7. The third-order valence-electron chi connectivity index (χ3n) is 3.97. The molecule has 122 valence electrons. The van der Waals surface area contributed by atoms with Crippen LogP contribution in [0.3, 0.4) is 0 Å².